The lowest BCUT2D eigenvalue weighted by molar-refractivity contribution is -0.138. The SMILES string of the molecule is CCOC(=O)/C(C#N)=C/Nc1cnc(C(C)(C)C)nc1. The van der Waals surface area contributed by atoms with E-state index in [-0.39, 0.29) is 17.6 Å². The van der Waals surface area contributed by atoms with Crippen LogP contribution in [-0.2, 0) is 14.9 Å². The number of nitrogens with zero attached hydrogens (tertiary/aromatic N) is 3. The van der Waals surface area contributed by atoms with Crippen LogP contribution in [0, 0.1) is 11.3 Å². The molecule has 0 spiro atoms. The highest BCUT2D eigenvalue weighted by Crippen LogP contribution is 2.18. The molecule has 0 amide bonds. The van der Waals surface area contributed by atoms with Crippen molar-refractivity contribution in [3.63, 3.8) is 0 Å². The molecule has 106 valence electrons. The van der Waals surface area contributed by atoms with Gasteiger partial charge in [0.05, 0.1) is 24.7 Å². The molecule has 6 nitrogen and oxygen atoms in total. The summed E-state index contributed by atoms with van der Waals surface area (Å²) in [5.41, 5.74) is 0.360. The number of aromatic nitrogens is 2. The molecule has 0 aliphatic rings. The first kappa shape index (κ1) is 15.6. The molecule has 0 saturated heterocycles. The van der Waals surface area contributed by atoms with E-state index in [4.69, 9.17) is 10.00 Å². The zero-order chi connectivity index (χ0) is 15.2. The molecule has 0 bridgehead atoms. The number of nitriles is 1. The van der Waals surface area contributed by atoms with Crippen LogP contribution in [-0.4, -0.2) is 22.5 Å². The molecule has 0 aliphatic heterocycles. The number of hydrogen-bond donors (Lipinski definition) is 1. The fraction of sp³-hybridized carbons (Fsp3) is 0.429. The Balaban J connectivity index is 2.79. The van der Waals surface area contributed by atoms with Gasteiger partial charge in [-0.05, 0) is 6.92 Å². The van der Waals surface area contributed by atoms with E-state index in [1.807, 2.05) is 20.8 Å². The van der Waals surface area contributed by atoms with Crippen LogP contribution in [0.1, 0.15) is 33.5 Å². The smallest absolute Gasteiger partial charge is 0.350 e. The van der Waals surface area contributed by atoms with Crippen molar-refractivity contribution < 1.29 is 9.53 Å². The molecule has 1 heterocycles. The zero-order valence-corrected chi connectivity index (χ0v) is 12.1. The van der Waals surface area contributed by atoms with Crippen molar-refractivity contribution in [1.82, 2.24) is 9.97 Å². The fourth-order valence-corrected chi connectivity index (χ4v) is 1.29. The van der Waals surface area contributed by atoms with Gasteiger partial charge in [-0.3, -0.25) is 0 Å². The van der Waals surface area contributed by atoms with Gasteiger partial charge in [-0.1, -0.05) is 20.8 Å². The Morgan fingerprint density at radius 2 is 2.05 bits per heavy atom. The van der Waals surface area contributed by atoms with Crippen LogP contribution in [0.25, 0.3) is 0 Å². The van der Waals surface area contributed by atoms with Gasteiger partial charge < -0.3 is 10.1 Å². The topological polar surface area (TPSA) is 87.9 Å². The molecule has 0 atom stereocenters. The molecular formula is C14H18N4O2. The first-order valence-electron chi connectivity index (χ1n) is 6.25. The van der Waals surface area contributed by atoms with Crippen molar-refractivity contribution in [2.45, 2.75) is 33.1 Å². The first-order valence-corrected chi connectivity index (χ1v) is 6.25. The number of nitrogens with one attached hydrogen (secondary N) is 1. The second-order valence-corrected chi connectivity index (χ2v) is 5.08. The maximum atomic E-state index is 11.4. The quantitative estimate of drug-likeness (QED) is 0.514. The molecule has 1 aromatic rings. The van der Waals surface area contributed by atoms with Gasteiger partial charge in [-0.25, -0.2) is 14.8 Å². The van der Waals surface area contributed by atoms with Gasteiger partial charge in [-0.15, -0.1) is 0 Å². The number of carbonyl (C=O) groups is 1. The Hall–Kier alpha value is -2.42. The normalized spacial score (nSPS) is 11.7. The van der Waals surface area contributed by atoms with Gasteiger partial charge >= 0.3 is 5.97 Å². The van der Waals surface area contributed by atoms with E-state index in [1.54, 1.807) is 25.4 Å². The average molecular weight is 274 g/mol. The second kappa shape index (κ2) is 6.66. The van der Waals surface area contributed by atoms with E-state index in [2.05, 4.69) is 15.3 Å². The largest absolute Gasteiger partial charge is 0.462 e. The summed E-state index contributed by atoms with van der Waals surface area (Å²) in [4.78, 5) is 19.9. The standard InChI is InChI=1S/C14H18N4O2/c1-5-20-12(19)10(6-15)7-16-11-8-17-13(18-9-11)14(2,3)4/h7-9,16H,5H2,1-4H3/b10-7+. The van der Waals surface area contributed by atoms with E-state index in [1.165, 1.54) is 6.20 Å². The summed E-state index contributed by atoms with van der Waals surface area (Å²) in [7, 11) is 0. The molecule has 0 aromatic carbocycles. The van der Waals surface area contributed by atoms with Gasteiger partial charge in [0.1, 0.15) is 11.9 Å². The van der Waals surface area contributed by atoms with Crippen molar-refractivity contribution in [3.8, 4) is 6.07 Å². The lowest BCUT2D eigenvalue weighted by Gasteiger charge is -2.15. The summed E-state index contributed by atoms with van der Waals surface area (Å²) in [6.07, 6.45) is 4.49. The van der Waals surface area contributed by atoms with Crippen molar-refractivity contribution in [1.29, 1.82) is 5.26 Å². The molecule has 0 saturated carbocycles. The van der Waals surface area contributed by atoms with Crippen LogP contribution in [0.3, 0.4) is 0 Å². The van der Waals surface area contributed by atoms with E-state index in [9.17, 15) is 4.79 Å². The molecule has 20 heavy (non-hydrogen) atoms. The highest BCUT2D eigenvalue weighted by molar-refractivity contribution is 5.93. The highest BCUT2D eigenvalue weighted by Gasteiger charge is 2.16. The van der Waals surface area contributed by atoms with Crippen LogP contribution >= 0.6 is 0 Å². The molecule has 1 aromatic heterocycles. The number of rotatable bonds is 4. The summed E-state index contributed by atoms with van der Waals surface area (Å²) >= 11 is 0. The molecular weight excluding hydrogens is 256 g/mol. The predicted molar refractivity (Wildman–Crippen MR) is 74.7 cm³/mol. The van der Waals surface area contributed by atoms with Gasteiger partial charge in [0.2, 0.25) is 0 Å². The monoisotopic (exact) mass is 274 g/mol. The summed E-state index contributed by atoms with van der Waals surface area (Å²) in [5, 5.41) is 11.7. The van der Waals surface area contributed by atoms with Crippen molar-refractivity contribution in [2.24, 2.45) is 0 Å². The third-order valence-electron chi connectivity index (χ3n) is 2.32. The Morgan fingerprint density at radius 1 is 1.45 bits per heavy atom. The lowest BCUT2D eigenvalue weighted by atomic mass is 9.96. The Morgan fingerprint density at radius 3 is 2.50 bits per heavy atom. The van der Waals surface area contributed by atoms with Gasteiger partial charge in [0.15, 0.2) is 5.57 Å². The fourth-order valence-electron chi connectivity index (χ4n) is 1.29. The van der Waals surface area contributed by atoms with Gasteiger partial charge in [0.25, 0.3) is 0 Å². The Bertz CT molecular complexity index is 536. The van der Waals surface area contributed by atoms with E-state index in [0.29, 0.717) is 5.69 Å². The third kappa shape index (κ3) is 4.35. The number of ether oxygens (including phenoxy) is 1. The molecule has 0 radical (unpaired) electrons. The molecule has 6 heteroatoms. The zero-order valence-electron chi connectivity index (χ0n) is 12.1. The second-order valence-electron chi connectivity index (χ2n) is 5.08. The minimum Gasteiger partial charge on any atom is -0.462 e. The summed E-state index contributed by atoms with van der Waals surface area (Å²) in [6, 6.07) is 1.78. The van der Waals surface area contributed by atoms with Gasteiger partial charge in [0, 0.05) is 11.6 Å². The number of esters is 1. The van der Waals surface area contributed by atoms with Crippen LogP contribution in [0.2, 0.25) is 0 Å². The summed E-state index contributed by atoms with van der Waals surface area (Å²) in [5.74, 6) is 0.0626. The number of anilines is 1. The maximum Gasteiger partial charge on any atom is 0.350 e. The van der Waals surface area contributed by atoms with E-state index in [0.717, 1.165) is 5.82 Å². The average Bonchev–Trinajstić information content (AvgIpc) is 2.39. The van der Waals surface area contributed by atoms with E-state index >= 15 is 0 Å². The molecule has 0 aliphatic carbocycles. The number of carbonyl (C=O) groups excluding carboxylic acids is 1. The van der Waals surface area contributed by atoms with Crippen molar-refractivity contribution in [2.75, 3.05) is 11.9 Å². The minimum absolute atomic E-state index is 0.105. The van der Waals surface area contributed by atoms with Crippen molar-refractivity contribution >= 4 is 11.7 Å². The summed E-state index contributed by atoms with van der Waals surface area (Å²) < 4.78 is 4.75. The Kier molecular flexibility index (Phi) is 5.21. The molecule has 0 unspecified atom stereocenters. The molecule has 1 rings (SSSR count). The maximum absolute atomic E-state index is 11.4. The number of hydrogen-bond acceptors (Lipinski definition) is 6. The minimum atomic E-state index is -0.658. The molecule has 0 fully saturated rings. The Labute approximate surface area is 118 Å². The van der Waals surface area contributed by atoms with Crippen molar-refractivity contribution in [3.05, 3.63) is 30.0 Å². The third-order valence-corrected chi connectivity index (χ3v) is 2.32. The first-order chi connectivity index (χ1) is 9.38. The highest BCUT2D eigenvalue weighted by atomic mass is 16.5. The van der Waals surface area contributed by atoms with E-state index < -0.39 is 5.97 Å². The lowest BCUT2D eigenvalue weighted by Crippen LogP contribution is -2.15. The van der Waals surface area contributed by atoms with Crippen LogP contribution in [0.5, 0.6) is 0 Å². The summed E-state index contributed by atoms with van der Waals surface area (Å²) in [6.45, 7) is 7.96. The van der Waals surface area contributed by atoms with Crippen LogP contribution in [0.4, 0.5) is 5.69 Å². The predicted octanol–water partition coefficient (Wildman–Crippen LogP) is 2.16. The molecule has 1 N–H and O–H groups in total. The van der Waals surface area contributed by atoms with Crippen LogP contribution in [0.15, 0.2) is 24.2 Å². The van der Waals surface area contributed by atoms with Crippen LogP contribution < -0.4 is 5.32 Å². The van der Waals surface area contributed by atoms with Gasteiger partial charge in [-0.2, -0.15) is 5.26 Å².